The van der Waals surface area contributed by atoms with Gasteiger partial charge in [-0.2, -0.15) is 0 Å². The summed E-state index contributed by atoms with van der Waals surface area (Å²) in [5.41, 5.74) is 3.47. The first-order valence-electron chi connectivity index (χ1n) is 10.7. The molecule has 3 aromatic rings. The highest BCUT2D eigenvalue weighted by atomic mass is 35.5. The summed E-state index contributed by atoms with van der Waals surface area (Å²) in [6, 6.07) is 14.0. The minimum Gasteiger partial charge on any atom is -0.486 e. The number of halogens is 1. The Morgan fingerprint density at radius 3 is 2.77 bits per heavy atom. The van der Waals surface area contributed by atoms with Crippen LogP contribution in [-0.2, 0) is 23.0 Å². The van der Waals surface area contributed by atoms with E-state index in [1.165, 1.54) is 11.1 Å². The Balaban J connectivity index is 1.51. The van der Waals surface area contributed by atoms with Crippen molar-refractivity contribution in [2.45, 2.75) is 44.6 Å². The van der Waals surface area contributed by atoms with Gasteiger partial charge in [-0.15, -0.1) is 0 Å². The molecule has 0 aliphatic heterocycles. The van der Waals surface area contributed by atoms with Crippen molar-refractivity contribution < 1.29 is 14.3 Å². The standard InChI is InChI=1S/C25H27ClN2O3/c1-3-14-30-24(29)16-22(25-27-12-13-28(25)2)17-4-8-20(9-5-17)31-23-11-6-18-15-19(26)7-10-21(18)23/h4-5,7-10,12-13,15,22-23H,3,6,11,14,16H2,1-2H3. The minimum absolute atomic E-state index is 0.0347. The second-order valence-corrected chi connectivity index (χ2v) is 8.37. The third-order valence-corrected chi connectivity index (χ3v) is 5.93. The monoisotopic (exact) mass is 438 g/mol. The molecule has 31 heavy (non-hydrogen) atoms. The number of esters is 1. The zero-order valence-electron chi connectivity index (χ0n) is 17.9. The molecule has 0 saturated carbocycles. The van der Waals surface area contributed by atoms with Gasteiger partial charge in [0, 0.05) is 24.5 Å². The van der Waals surface area contributed by atoms with Crippen LogP contribution in [0.3, 0.4) is 0 Å². The fourth-order valence-corrected chi connectivity index (χ4v) is 4.32. The van der Waals surface area contributed by atoms with E-state index in [2.05, 4.69) is 11.1 Å². The van der Waals surface area contributed by atoms with E-state index in [4.69, 9.17) is 21.1 Å². The van der Waals surface area contributed by atoms with Crippen LogP contribution in [0.5, 0.6) is 5.75 Å². The molecule has 2 atom stereocenters. The summed E-state index contributed by atoms with van der Waals surface area (Å²) in [7, 11) is 1.94. The van der Waals surface area contributed by atoms with E-state index in [0.29, 0.717) is 6.61 Å². The maximum atomic E-state index is 12.3. The molecule has 5 nitrogen and oxygen atoms in total. The van der Waals surface area contributed by atoms with E-state index in [1.54, 1.807) is 6.20 Å². The van der Waals surface area contributed by atoms with Gasteiger partial charge in [-0.25, -0.2) is 4.98 Å². The van der Waals surface area contributed by atoms with Gasteiger partial charge in [0.2, 0.25) is 0 Å². The van der Waals surface area contributed by atoms with E-state index in [-0.39, 0.29) is 24.4 Å². The number of fused-ring (bicyclic) bond motifs is 1. The summed E-state index contributed by atoms with van der Waals surface area (Å²) < 4.78 is 13.5. The molecule has 1 aromatic heterocycles. The molecule has 2 unspecified atom stereocenters. The first-order valence-corrected chi connectivity index (χ1v) is 11.1. The summed E-state index contributed by atoms with van der Waals surface area (Å²) in [6.07, 6.45) is 6.65. The second-order valence-electron chi connectivity index (χ2n) is 7.93. The van der Waals surface area contributed by atoms with Crippen molar-refractivity contribution in [2.75, 3.05) is 6.61 Å². The van der Waals surface area contributed by atoms with Crippen LogP contribution in [-0.4, -0.2) is 22.1 Å². The number of hydrogen-bond acceptors (Lipinski definition) is 4. The van der Waals surface area contributed by atoms with E-state index in [0.717, 1.165) is 41.4 Å². The molecular formula is C25H27ClN2O3. The van der Waals surface area contributed by atoms with Crippen molar-refractivity contribution in [3.8, 4) is 5.75 Å². The molecule has 162 valence electrons. The summed E-state index contributed by atoms with van der Waals surface area (Å²) in [5, 5.41) is 0.765. The maximum absolute atomic E-state index is 12.3. The number of nitrogens with zero attached hydrogens (tertiary/aromatic N) is 2. The van der Waals surface area contributed by atoms with Crippen molar-refractivity contribution in [2.24, 2.45) is 7.05 Å². The summed E-state index contributed by atoms with van der Waals surface area (Å²) >= 11 is 6.12. The van der Waals surface area contributed by atoms with Gasteiger partial charge in [0.25, 0.3) is 0 Å². The Kier molecular flexibility index (Phi) is 6.62. The van der Waals surface area contributed by atoms with Crippen LogP contribution in [0, 0.1) is 0 Å². The van der Waals surface area contributed by atoms with Crippen LogP contribution in [0.4, 0.5) is 0 Å². The average Bonchev–Trinajstić information content (AvgIpc) is 3.37. The molecule has 0 radical (unpaired) electrons. The number of aromatic nitrogens is 2. The molecular weight excluding hydrogens is 412 g/mol. The van der Waals surface area contributed by atoms with Gasteiger partial charge < -0.3 is 14.0 Å². The third-order valence-electron chi connectivity index (χ3n) is 5.70. The number of imidazole rings is 1. The molecule has 4 rings (SSSR count). The molecule has 0 fully saturated rings. The van der Waals surface area contributed by atoms with Gasteiger partial charge >= 0.3 is 5.97 Å². The molecule has 1 heterocycles. The maximum Gasteiger partial charge on any atom is 0.306 e. The summed E-state index contributed by atoms with van der Waals surface area (Å²) in [5.74, 6) is 1.26. The van der Waals surface area contributed by atoms with Crippen LogP contribution in [0.2, 0.25) is 5.02 Å². The van der Waals surface area contributed by atoms with Gasteiger partial charge in [-0.3, -0.25) is 4.79 Å². The van der Waals surface area contributed by atoms with E-state index >= 15 is 0 Å². The Hall–Kier alpha value is -2.79. The highest BCUT2D eigenvalue weighted by Gasteiger charge is 2.25. The number of carbonyl (C=O) groups is 1. The lowest BCUT2D eigenvalue weighted by Gasteiger charge is -2.19. The van der Waals surface area contributed by atoms with Crippen LogP contribution in [0.25, 0.3) is 0 Å². The van der Waals surface area contributed by atoms with Crippen molar-refractivity contribution in [1.29, 1.82) is 0 Å². The van der Waals surface area contributed by atoms with E-state index < -0.39 is 0 Å². The number of carbonyl (C=O) groups excluding carboxylic acids is 1. The SMILES string of the molecule is CCCOC(=O)CC(c1ccc(OC2CCc3cc(Cl)ccc32)cc1)c1nccn1C. The van der Waals surface area contributed by atoms with Gasteiger partial charge in [0.1, 0.15) is 17.7 Å². The van der Waals surface area contributed by atoms with Crippen molar-refractivity contribution in [1.82, 2.24) is 9.55 Å². The topological polar surface area (TPSA) is 53.4 Å². The minimum atomic E-state index is -0.212. The molecule has 0 amide bonds. The molecule has 0 N–H and O–H groups in total. The predicted octanol–water partition coefficient (Wildman–Crippen LogP) is 5.62. The first kappa shape index (κ1) is 21.4. The lowest BCUT2D eigenvalue weighted by atomic mass is 9.94. The van der Waals surface area contributed by atoms with Crippen molar-refractivity contribution in [3.63, 3.8) is 0 Å². The Morgan fingerprint density at radius 2 is 2.06 bits per heavy atom. The third kappa shape index (κ3) is 4.93. The van der Waals surface area contributed by atoms with Gasteiger partial charge in [0.05, 0.1) is 18.9 Å². The van der Waals surface area contributed by atoms with Crippen molar-refractivity contribution >= 4 is 17.6 Å². The predicted molar refractivity (Wildman–Crippen MR) is 121 cm³/mol. The quantitative estimate of drug-likeness (QED) is 0.428. The van der Waals surface area contributed by atoms with Crippen molar-refractivity contribution in [3.05, 3.63) is 82.4 Å². The molecule has 0 spiro atoms. The lowest BCUT2D eigenvalue weighted by Crippen LogP contribution is -2.15. The van der Waals surface area contributed by atoms with Gasteiger partial charge in [-0.1, -0.05) is 36.7 Å². The highest BCUT2D eigenvalue weighted by molar-refractivity contribution is 6.30. The van der Waals surface area contributed by atoms with E-state index in [1.807, 2.05) is 61.1 Å². The van der Waals surface area contributed by atoms with Crippen LogP contribution >= 0.6 is 11.6 Å². The molecule has 2 aromatic carbocycles. The smallest absolute Gasteiger partial charge is 0.306 e. The normalized spacial score (nSPS) is 16.0. The molecule has 0 bridgehead atoms. The van der Waals surface area contributed by atoms with Crippen LogP contribution < -0.4 is 4.74 Å². The Morgan fingerprint density at radius 1 is 1.26 bits per heavy atom. The average molecular weight is 439 g/mol. The second kappa shape index (κ2) is 9.56. The van der Waals surface area contributed by atoms with Gasteiger partial charge in [0.15, 0.2) is 0 Å². The highest BCUT2D eigenvalue weighted by Crippen LogP contribution is 2.37. The Labute approximate surface area is 188 Å². The number of hydrogen-bond donors (Lipinski definition) is 0. The van der Waals surface area contributed by atoms with E-state index in [9.17, 15) is 4.79 Å². The number of benzene rings is 2. The van der Waals surface area contributed by atoms with Crippen LogP contribution in [0.15, 0.2) is 54.9 Å². The fraction of sp³-hybridized carbons (Fsp3) is 0.360. The first-order chi connectivity index (χ1) is 15.0. The summed E-state index contributed by atoms with van der Waals surface area (Å²) in [4.78, 5) is 16.8. The number of rotatable bonds is 8. The zero-order valence-corrected chi connectivity index (χ0v) is 18.6. The fourth-order valence-electron chi connectivity index (χ4n) is 4.13. The Bertz CT molecular complexity index is 1050. The molecule has 0 saturated heterocycles. The largest absolute Gasteiger partial charge is 0.486 e. The van der Waals surface area contributed by atoms with Gasteiger partial charge in [-0.05, 0) is 60.2 Å². The number of ether oxygens (including phenoxy) is 2. The molecule has 1 aliphatic rings. The summed E-state index contributed by atoms with van der Waals surface area (Å²) in [6.45, 7) is 2.42. The molecule has 1 aliphatic carbocycles. The lowest BCUT2D eigenvalue weighted by molar-refractivity contribution is -0.143. The zero-order chi connectivity index (χ0) is 21.8. The molecule has 6 heteroatoms. The number of aryl methyl sites for hydroxylation is 2. The van der Waals surface area contributed by atoms with Crippen LogP contribution in [0.1, 0.15) is 60.7 Å².